The second kappa shape index (κ2) is 6.94. The molecule has 0 spiro atoms. The van der Waals surface area contributed by atoms with E-state index in [2.05, 4.69) is 29.4 Å². The molecule has 2 atom stereocenters. The second-order valence-electron chi connectivity index (χ2n) is 6.00. The number of amides is 1. The fourth-order valence-corrected chi connectivity index (χ4v) is 3.59. The van der Waals surface area contributed by atoms with Crippen LogP contribution in [0.25, 0.3) is 0 Å². The maximum Gasteiger partial charge on any atom is 0.238 e. The first-order valence-corrected chi connectivity index (χ1v) is 7.91. The molecule has 2 rings (SSSR count). The summed E-state index contributed by atoms with van der Waals surface area (Å²) in [5, 5.41) is 3.38. The first kappa shape index (κ1) is 15.8. The van der Waals surface area contributed by atoms with Crippen molar-refractivity contribution in [3.05, 3.63) is 30.3 Å². The Hall–Kier alpha value is -1.55. The third kappa shape index (κ3) is 3.38. The van der Waals surface area contributed by atoms with E-state index in [4.69, 9.17) is 5.73 Å². The van der Waals surface area contributed by atoms with Gasteiger partial charge in [-0.05, 0) is 43.9 Å². The Morgan fingerprint density at radius 3 is 2.76 bits per heavy atom. The zero-order valence-corrected chi connectivity index (χ0v) is 13.1. The monoisotopic (exact) mass is 289 g/mol. The summed E-state index contributed by atoms with van der Waals surface area (Å²) in [6, 6.07) is 10.3. The highest BCUT2D eigenvalue weighted by Gasteiger charge is 2.46. The lowest BCUT2D eigenvalue weighted by atomic mass is 9.83. The Kier molecular flexibility index (Phi) is 5.23. The first-order valence-electron chi connectivity index (χ1n) is 7.91. The number of nitrogens with two attached hydrogens (primary N) is 1. The van der Waals surface area contributed by atoms with E-state index in [0.29, 0.717) is 5.92 Å². The summed E-state index contributed by atoms with van der Waals surface area (Å²) < 4.78 is 0. The van der Waals surface area contributed by atoms with Gasteiger partial charge in [0.15, 0.2) is 0 Å². The maximum atomic E-state index is 12.0. The van der Waals surface area contributed by atoms with Gasteiger partial charge in [0.2, 0.25) is 5.91 Å². The number of nitrogens with one attached hydrogen (secondary N) is 1. The molecule has 4 heteroatoms. The molecule has 1 fully saturated rings. The lowest BCUT2D eigenvalue weighted by Gasteiger charge is -2.34. The molecule has 1 aliphatic rings. The number of primary amides is 1. The summed E-state index contributed by atoms with van der Waals surface area (Å²) in [6.07, 6.45) is 4.02. The largest absolute Gasteiger partial charge is 0.375 e. The van der Waals surface area contributed by atoms with Gasteiger partial charge >= 0.3 is 0 Å². The van der Waals surface area contributed by atoms with E-state index in [0.717, 1.165) is 38.8 Å². The van der Waals surface area contributed by atoms with Crippen molar-refractivity contribution in [2.75, 3.05) is 25.0 Å². The number of rotatable bonds is 7. The van der Waals surface area contributed by atoms with Gasteiger partial charge in [0, 0.05) is 19.3 Å². The smallest absolute Gasteiger partial charge is 0.238 e. The van der Waals surface area contributed by atoms with Crippen LogP contribution in [0.2, 0.25) is 0 Å². The molecular weight excluding hydrogens is 262 g/mol. The van der Waals surface area contributed by atoms with E-state index in [1.54, 1.807) is 0 Å². The highest BCUT2D eigenvalue weighted by Crippen LogP contribution is 2.38. The summed E-state index contributed by atoms with van der Waals surface area (Å²) in [5.41, 5.74) is 6.43. The fraction of sp³-hybridized carbons (Fsp3) is 0.588. The fourth-order valence-electron chi connectivity index (χ4n) is 3.59. The molecule has 3 N–H and O–H groups in total. The SMILES string of the molecule is CCNC1(C(N)=O)CCCC1CCN(C)c1ccccc1. The van der Waals surface area contributed by atoms with E-state index >= 15 is 0 Å². The number of carbonyl (C=O) groups excluding carboxylic acids is 1. The minimum atomic E-state index is -0.494. The average Bonchev–Trinajstić information content (AvgIpc) is 2.90. The van der Waals surface area contributed by atoms with Crippen LogP contribution in [0.3, 0.4) is 0 Å². The van der Waals surface area contributed by atoms with Gasteiger partial charge in [-0.3, -0.25) is 4.79 Å². The zero-order valence-electron chi connectivity index (χ0n) is 13.1. The Bertz CT molecular complexity index is 462. The van der Waals surface area contributed by atoms with Crippen LogP contribution >= 0.6 is 0 Å². The zero-order chi connectivity index (χ0) is 15.3. The van der Waals surface area contributed by atoms with E-state index in [1.807, 2.05) is 25.1 Å². The number of para-hydroxylation sites is 1. The number of benzene rings is 1. The minimum absolute atomic E-state index is 0.186. The van der Waals surface area contributed by atoms with Crippen molar-refractivity contribution in [3.63, 3.8) is 0 Å². The van der Waals surface area contributed by atoms with Gasteiger partial charge in [-0.15, -0.1) is 0 Å². The van der Waals surface area contributed by atoms with Gasteiger partial charge in [-0.1, -0.05) is 31.5 Å². The number of hydrogen-bond acceptors (Lipinski definition) is 3. The van der Waals surface area contributed by atoms with Crippen molar-refractivity contribution in [2.45, 2.75) is 38.1 Å². The number of anilines is 1. The quantitative estimate of drug-likeness (QED) is 0.808. The second-order valence-corrected chi connectivity index (χ2v) is 6.00. The topological polar surface area (TPSA) is 58.4 Å². The molecule has 0 saturated heterocycles. The normalized spacial score (nSPS) is 25.0. The van der Waals surface area contributed by atoms with Crippen molar-refractivity contribution in [1.29, 1.82) is 0 Å². The molecule has 0 bridgehead atoms. The molecule has 21 heavy (non-hydrogen) atoms. The highest BCUT2D eigenvalue weighted by molar-refractivity contribution is 5.85. The van der Waals surface area contributed by atoms with E-state index in [-0.39, 0.29) is 5.91 Å². The van der Waals surface area contributed by atoms with Crippen LogP contribution in [-0.2, 0) is 4.79 Å². The molecular formula is C17H27N3O. The minimum Gasteiger partial charge on any atom is -0.375 e. The highest BCUT2D eigenvalue weighted by atomic mass is 16.1. The Labute approximate surface area is 127 Å². The molecule has 0 aromatic heterocycles. The van der Waals surface area contributed by atoms with Crippen molar-refractivity contribution < 1.29 is 4.79 Å². The van der Waals surface area contributed by atoms with Crippen LogP contribution in [0.4, 0.5) is 5.69 Å². The predicted octanol–water partition coefficient (Wildman–Crippen LogP) is 2.15. The first-order chi connectivity index (χ1) is 10.1. The van der Waals surface area contributed by atoms with E-state index in [1.165, 1.54) is 5.69 Å². The molecule has 1 aromatic carbocycles. The third-order valence-electron chi connectivity index (χ3n) is 4.76. The molecule has 0 heterocycles. The van der Waals surface area contributed by atoms with Gasteiger partial charge in [0.05, 0.1) is 0 Å². The van der Waals surface area contributed by atoms with E-state index in [9.17, 15) is 4.79 Å². The lowest BCUT2D eigenvalue weighted by molar-refractivity contribution is -0.126. The number of nitrogens with zero attached hydrogens (tertiary/aromatic N) is 1. The van der Waals surface area contributed by atoms with Crippen molar-refractivity contribution in [3.8, 4) is 0 Å². The van der Waals surface area contributed by atoms with Crippen molar-refractivity contribution in [2.24, 2.45) is 11.7 Å². The predicted molar refractivity (Wildman–Crippen MR) is 87.3 cm³/mol. The number of hydrogen-bond donors (Lipinski definition) is 2. The van der Waals surface area contributed by atoms with Gasteiger partial charge in [0.25, 0.3) is 0 Å². The van der Waals surface area contributed by atoms with Crippen molar-refractivity contribution in [1.82, 2.24) is 5.32 Å². The van der Waals surface area contributed by atoms with Crippen LogP contribution in [-0.4, -0.2) is 31.6 Å². The summed E-state index contributed by atoms with van der Waals surface area (Å²) in [6.45, 7) is 3.76. The molecule has 1 amide bonds. The Morgan fingerprint density at radius 1 is 1.43 bits per heavy atom. The standard InChI is InChI=1S/C17H27N3O/c1-3-19-17(16(18)21)12-7-8-14(17)11-13-20(2)15-9-5-4-6-10-15/h4-6,9-10,14,19H,3,7-8,11-13H2,1-2H3,(H2,18,21). The molecule has 1 aliphatic carbocycles. The average molecular weight is 289 g/mol. The lowest BCUT2D eigenvalue weighted by Crippen LogP contribution is -2.58. The van der Waals surface area contributed by atoms with Gasteiger partial charge in [-0.2, -0.15) is 0 Å². The van der Waals surface area contributed by atoms with Crippen LogP contribution in [0.15, 0.2) is 30.3 Å². The summed E-state index contributed by atoms with van der Waals surface area (Å²) >= 11 is 0. The van der Waals surface area contributed by atoms with Crippen molar-refractivity contribution >= 4 is 11.6 Å². The Balaban J connectivity index is 1.99. The van der Waals surface area contributed by atoms with Crippen LogP contribution in [0.5, 0.6) is 0 Å². The van der Waals surface area contributed by atoms with Gasteiger partial charge in [-0.25, -0.2) is 0 Å². The third-order valence-corrected chi connectivity index (χ3v) is 4.76. The van der Waals surface area contributed by atoms with E-state index < -0.39 is 5.54 Å². The molecule has 2 unspecified atom stereocenters. The van der Waals surface area contributed by atoms with Crippen LogP contribution < -0.4 is 16.0 Å². The van der Waals surface area contributed by atoms with Crippen LogP contribution in [0, 0.1) is 5.92 Å². The molecule has 1 aromatic rings. The number of likely N-dealkylation sites (N-methyl/N-ethyl adjacent to an activating group) is 1. The molecule has 116 valence electrons. The van der Waals surface area contributed by atoms with Crippen LogP contribution in [0.1, 0.15) is 32.6 Å². The molecule has 0 aliphatic heterocycles. The Morgan fingerprint density at radius 2 is 2.14 bits per heavy atom. The van der Waals surface area contributed by atoms with Gasteiger partial charge in [0.1, 0.15) is 5.54 Å². The van der Waals surface area contributed by atoms with Gasteiger partial charge < -0.3 is 16.0 Å². The summed E-state index contributed by atoms with van der Waals surface area (Å²) in [7, 11) is 2.10. The summed E-state index contributed by atoms with van der Waals surface area (Å²) in [5.74, 6) is 0.148. The number of carbonyl (C=O) groups is 1. The molecule has 0 radical (unpaired) electrons. The molecule has 4 nitrogen and oxygen atoms in total. The molecule has 1 saturated carbocycles. The maximum absolute atomic E-state index is 12.0. The summed E-state index contributed by atoms with van der Waals surface area (Å²) in [4.78, 5) is 14.2.